The smallest absolute Gasteiger partial charge is 0.295 e. The normalized spacial score (nSPS) is 18.7. The van der Waals surface area contributed by atoms with Crippen molar-refractivity contribution in [3.8, 4) is 0 Å². The molecule has 2 aromatic rings. The highest BCUT2D eigenvalue weighted by atomic mass is 35.5. The molecule has 1 saturated heterocycles. The van der Waals surface area contributed by atoms with E-state index in [-0.39, 0.29) is 22.9 Å². The number of ketones is 1. The van der Waals surface area contributed by atoms with Gasteiger partial charge in [-0.05, 0) is 17.7 Å². The van der Waals surface area contributed by atoms with Crippen molar-refractivity contribution < 1.29 is 24.2 Å². The van der Waals surface area contributed by atoms with E-state index in [0.29, 0.717) is 16.1 Å². The fourth-order valence-electron chi connectivity index (χ4n) is 3.27. The van der Waals surface area contributed by atoms with Gasteiger partial charge in [0.2, 0.25) is 0 Å². The van der Waals surface area contributed by atoms with E-state index in [1.165, 1.54) is 25.2 Å². The van der Waals surface area contributed by atoms with Gasteiger partial charge in [0, 0.05) is 29.8 Å². The second kappa shape index (κ2) is 8.97. The SMILES string of the molecule is COC(CN1C(=O)C(=O)C(=C(O)c2ccccc2)[C@H]1c1ccc(Cl)cc1Cl)OC. The van der Waals surface area contributed by atoms with Gasteiger partial charge in [-0.3, -0.25) is 9.59 Å². The van der Waals surface area contributed by atoms with Crippen LogP contribution in [0.5, 0.6) is 0 Å². The number of amides is 1. The van der Waals surface area contributed by atoms with Crippen molar-refractivity contribution in [3.05, 3.63) is 75.3 Å². The lowest BCUT2D eigenvalue weighted by Crippen LogP contribution is -2.38. The molecule has 3 rings (SSSR count). The minimum absolute atomic E-state index is 0.0350. The summed E-state index contributed by atoms with van der Waals surface area (Å²) >= 11 is 12.4. The average Bonchev–Trinajstić information content (AvgIpc) is 2.96. The van der Waals surface area contributed by atoms with E-state index in [4.69, 9.17) is 32.7 Å². The first-order valence-corrected chi connectivity index (χ1v) is 9.49. The Balaban J connectivity index is 2.20. The van der Waals surface area contributed by atoms with Crippen LogP contribution >= 0.6 is 23.2 Å². The van der Waals surface area contributed by atoms with Gasteiger partial charge < -0.3 is 19.5 Å². The standard InChI is InChI=1S/C21H19Cl2NO5/c1-28-16(29-2)11-24-18(14-9-8-13(22)10-15(14)23)17(20(26)21(24)27)19(25)12-6-4-3-5-7-12/h3-10,16,18,25H,11H2,1-2H3/t18-/m1/s1. The molecule has 8 heteroatoms. The van der Waals surface area contributed by atoms with Crippen molar-refractivity contribution in [1.82, 2.24) is 4.90 Å². The Morgan fingerprint density at radius 2 is 1.76 bits per heavy atom. The molecule has 0 radical (unpaired) electrons. The predicted octanol–water partition coefficient (Wildman–Crippen LogP) is 4.03. The number of aliphatic hydroxyl groups is 1. The molecular formula is C21H19Cl2NO5. The Labute approximate surface area is 178 Å². The zero-order valence-electron chi connectivity index (χ0n) is 15.8. The maximum absolute atomic E-state index is 12.9. The second-order valence-electron chi connectivity index (χ2n) is 6.38. The number of carbonyl (C=O) groups is 2. The molecule has 1 amide bonds. The van der Waals surface area contributed by atoms with Crippen molar-refractivity contribution in [1.29, 1.82) is 0 Å². The quantitative estimate of drug-likeness (QED) is 0.320. The van der Waals surface area contributed by atoms with Crippen molar-refractivity contribution >= 4 is 40.7 Å². The van der Waals surface area contributed by atoms with Crippen LogP contribution in [0.2, 0.25) is 10.0 Å². The molecule has 0 aromatic heterocycles. The molecule has 0 spiro atoms. The van der Waals surface area contributed by atoms with Crippen molar-refractivity contribution in [3.63, 3.8) is 0 Å². The van der Waals surface area contributed by atoms with Gasteiger partial charge in [0.15, 0.2) is 6.29 Å². The number of carbonyl (C=O) groups excluding carboxylic acids is 2. The fraction of sp³-hybridized carbons (Fsp3) is 0.238. The molecular weight excluding hydrogens is 417 g/mol. The molecule has 1 aliphatic heterocycles. The highest BCUT2D eigenvalue weighted by molar-refractivity contribution is 6.47. The highest BCUT2D eigenvalue weighted by Crippen LogP contribution is 2.42. The van der Waals surface area contributed by atoms with E-state index >= 15 is 0 Å². The van der Waals surface area contributed by atoms with E-state index < -0.39 is 24.0 Å². The lowest BCUT2D eigenvalue weighted by molar-refractivity contribution is -0.149. The van der Waals surface area contributed by atoms with Gasteiger partial charge in [0.25, 0.3) is 11.7 Å². The molecule has 0 saturated carbocycles. The summed E-state index contributed by atoms with van der Waals surface area (Å²) in [5.74, 6) is -1.88. The van der Waals surface area contributed by atoms with Gasteiger partial charge in [-0.25, -0.2) is 0 Å². The first-order valence-electron chi connectivity index (χ1n) is 8.73. The fourth-order valence-corrected chi connectivity index (χ4v) is 3.78. The predicted molar refractivity (Wildman–Crippen MR) is 110 cm³/mol. The minimum atomic E-state index is -0.923. The van der Waals surface area contributed by atoms with Crippen LogP contribution in [0.4, 0.5) is 0 Å². The minimum Gasteiger partial charge on any atom is -0.507 e. The molecule has 1 aliphatic rings. The first kappa shape index (κ1) is 21.3. The molecule has 29 heavy (non-hydrogen) atoms. The third-order valence-electron chi connectivity index (χ3n) is 4.72. The van der Waals surface area contributed by atoms with Crippen LogP contribution in [-0.2, 0) is 19.1 Å². The Hall–Kier alpha value is -2.38. The van der Waals surface area contributed by atoms with Crippen molar-refractivity contribution in [2.24, 2.45) is 0 Å². The summed E-state index contributed by atoms with van der Waals surface area (Å²) in [5.41, 5.74) is 0.811. The zero-order chi connectivity index (χ0) is 21.1. The van der Waals surface area contributed by atoms with E-state index in [1.807, 2.05) is 0 Å². The number of hydrogen-bond acceptors (Lipinski definition) is 5. The highest BCUT2D eigenvalue weighted by Gasteiger charge is 2.47. The molecule has 1 atom stereocenters. The van der Waals surface area contributed by atoms with Gasteiger partial charge >= 0.3 is 0 Å². The van der Waals surface area contributed by atoms with E-state index in [2.05, 4.69) is 0 Å². The largest absolute Gasteiger partial charge is 0.507 e. The topological polar surface area (TPSA) is 76.1 Å². The summed E-state index contributed by atoms with van der Waals surface area (Å²) in [6.45, 7) is -0.0350. The van der Waals surface area contributed by atoms with Gasteiger partial charge in [-0.15, -0.1) is 0 Å². The number of ether oxygens (including phenoxy) is 2. The van der Waals surface area contributed by atoms with Gasteiger partial charge in [0.05, 0.1) is 18.2 Å². The Kier molecular flexibility index (Phi) is 6.59. The molecule has 0 aliphatic carbocycles. The Morgan fingerprint density at radius 1 is 1.10 bits per heavy atom. The Bertz CT molecular complexity index is 957. The summed E-state index contributed by atoms with van der Waals surface area (Å²) in [6, 6.07) is 12.4. The maximum Gasteiger partial charge on any atom is 0.295 e. The molecule has 1 fully saturated rings. The van der Waals surface area contributed by atoms with Crippen LogP contribution in [0.1, 0.15) is 17.2 Å². The Morgan fingerprint density at radius 3 is 2.34 bits per heavy atom. The van der Waals surface area contributed by atoms with Crippen LogP contribution in [0, 0.1) is 0 Å². The van der Waals surface area contributed by atoms with Crippen LogP contribution in [0.15, 0.2) is 54.1 Å². The van der Waals surface area contributed by atoms with Gasteiger partial charge in [0.1, 0.15) is 5.76 Å². The van der Waals surface area contributed by atoms with E-state index in [9.17, 15) is 14.7 Å². The van der Waals surface area contributed by atoms with E-state index in [0.717, 1.165) is 0 Å². The number of rotatable bonds is 6. The lowest BCUT2D eigenvalue weighted by atomic mass is 9.95. The second-order valence-corrected chi connectivity index (χ2v) is 7.23. The third kappa shape index (κ3) is 4.16. The monoisotopic (exact) mass is 435 g/mol. The zero-order valence-corrected chi connectivity index (χ0v) is 17.3. The summed E-state index contributed by atoms with van der Waals surface area (Å²) in [6.07, 6.45) is -0.765. The molecule has 0 bridgehead atoms. The first-order chi connectivity index (χ1) is 13.9. The number of methoxy groups -OCH3 is 2. The average molecular weight is 436 g/mol. The van der Waals surface area contributed by atoms with E-state index in [1.54, 1.807) is 42.5 Å². The van der Waals surface area contributed by atoms with Crippen LogP contribution in [0.3, 0.4) is 0 Å². The number of likely N-dealkylation sites (tertiary alicyclic amines) is 1. The number of benzene rings is 2. The molecule has 1 N–H and O–H groups in total. The van der Waals surface area contributed by atoms with Crippen LogP contribution < -0.4 is 0 Å². The number of halogens is 2. The molecule has 6 nitrogen and oxygen atoms in total. The molecule has 1 heterocycles. The summed E-state index contributed by atoms with van der Waals surface area (Å²) in [7, 11) is 2.86. The molecule has 2 aromatic carbocycles. The van der Waals surface area contributed by atoms with Crippen molar-refractivity contribution in [2.45, 2.75) is 12.3 Å². The summed E-state index contributed by atoms with van der Waals surface area (Å²) in [5, 5.41) is 11.6. The van der Waals surface area contributed by atoms with Gasteiger partial charge in [-0.1, -0.05) is 59.6 Å². The number of hydrogen-bond donors (Lipinski definition) is 1. The van der Waals surface area contributed by atoms with Gasteiger partial charge in [-0.2, -0.15) is 0 Å². The molecule has 152 valence electrons. The summed E-state index contributed by atoms with van der Waals surface area (Å²) < 4.78 is 10.4. The number of Topliss-reactive ketones (excluding diaryl/α,β-unsaturated/α-hetero) is 1. The number of aliphatic hydroxyl groups excluding tert-OH is 1. The third-order valence-corrected chi connectivity index (χ3v) is 5.28. The van der Waals surface area contributed by atoms with Crippen molar-refractivity contribution in [2.75, 3.05) is 20.8 Å². The maximum atomic E-state index is 12.9. The van der Waals surface area contributed by atoms with Crippen LogP contribution in [-0.4, -0.2) is 48.8 Å². The molecule has 0 unspecified atom stereocenters. The lowest BCUT2D eigenvalue weighted by Gasteiger charge is -2.28. The number of nitrogens with zero attached hydrogens (tertiary/aromatic N) is 1. The van der Waals surface area contributed by atoms with Crippen LogP contribution in [0.25, 0.3) is 5.76 Å². The summed E-state index contributed by atoms with van der Waals surface area (Å²) in [4.78, 5) is 27.0.